The van der Waals surface area contributed by atoms with Gasteiger partial charge in [-0.2, -0.15) is 0 Å². The largest absolute Gasteiger partial charge is 0.496 e. The van der Waals surface area contributed by atoms with Crippen LogP contribution in [-0.4, -0.2) is 73.2 Å². The molecule has 7 nitrogen and oxygen atoms in total. The molecule has 32 heavy (non-hydrogen) atoms. The first-order valence-electron chi connectivity index (χ1n) is 10.6. The Morgan fingerprint density at radius 2 is 1.75 bits per heavy atom. The number of amides is 2. The first-order valence-corrected chi connectivity index (χ1v) is 10.9. The number of methoxy groups -OCH3 is 1. The maximum Gasteiger partial charge on any atom is 0.282 e. The highest BCUT2D eigenvalue weighted by Gasteiger charge is 2.44. The van der Waals surface area contributed by atoms with Crippen molar-refractivity contribution in [2.24, 2.45) is 0 Å². The zero-order valence-corrected chi connectivity index (χ0v) is 18.9. The SMILES string of the molecule is COc1ccccc1C1=C(N2CCN(CCO)CC2)C(=O)N(c2ccc(Cl)cc2C)C1=O. The number of halogens is 1. The monoisotopic (exact) mass is 455 g/mol. The van der Waals surface area contributed by atoms with Crippen molar-refractivity contribution >= 4 is 34.7 Å². The van der Waals surface area contributed by atoms with Crippen molar-refractivity contribution < 1.29 is 19.4 Å². The van der Waals surface area contributed by atoms with E-state index in [0.717, 1.165) is 5.56 Å². The molecule has 0 unspecified atom stereocenters. The lowest BCUT2D eigenvalue weighted by molar-refractivity contribution is -0.120. The molecule has 168 valence electrons. The van der Waals surface area contributed by atoms with Crippen LogP contribution in [0, 0.1) is 6.92 Å². The second-order valence-electron chi connectivity index (χ2n) is 7.85. The van der Waals surface area contributed by atoms with E-state index in [2.05, 4.69) is 4.90 Å². The van der Waals surface area contributed by atoms with Crippen LogP contribution in [0.15, 0.2) is 48.2 Å². The molecule has 0 aromatic heterocycles. The van der Waals surface area contributed by atoms with Gasteiger partial charge in [-0.15, -0.1) is 0 Å². The lowest BCUT2D eigenvalue weighted by Crippen LogP contribution is -2.48. The number of piperazine rings is 1. The third kappa shape index (κ3) is 3.99. The lowest BCUT2D eigenvalue weighted by Gasteiger charge is -2.36. The summed E-state index contributed by atoms with van der Waals surface area (Å²) in [4.78, 5) is 32.8. The number of benzene rings is 2. The lowest BCUT2D eigenvalue weighted by atomic mass is 10.0. The fourth-order valence-electron chi connectivity index (χ4n) is 4.33. The third-order valence-electron chi connectivity index (χ3n) is 5.94. The predicted molar refractivity (Wildman–Crippen MR) is 124 cm³/mol. The van der Waals surface area contributed by atoms with Gasteiger partial charge in [0.15, 0.2) is 0 Å². The normalized spacial score (nSPS) is 17.5. The summed E-state index contributed by atoms with van der Waals surface area (Å²) >= 11 is 6.10. The van der Waals surface area contributed by atoms with Gasteiger partial charge in [-0.25, -0.2) is 4.90 Å². The smallest absolute Gasteiger partial charge is 0.282 e. The molecule has 1 N–H and O–H groups in total. The van der Waals surface area contributed by atoms with Crippen molar-refractivity contribution in [1.29, 1.82) is 0 Å². The molecule has 2 aliphatic heterocycles. The Hall–Kier alpha value is -2.87. The van der Waals surface area contributed by atoms with E-state index in [1.165, 1.54) is 4.90 Å². The van der Waals surface area contributed by atoms with Gasteiger partial charge in [-0.05, 0) is 36.8 Å². The Labute approximate surface area is 192 Å². The summed E-state index contributed by atoms with van der Waals surface area (Å²) in [6, 6.07) is 12.4. The van der Waals surface area contributed by atoms with E-state index in [1.54, 1.807) is 37.4 Å². The minimum absolute atomic E-state index is 0.0935. The number of aryl methyl sites for hydroxylation is 1. The number of para-hydroxylation sites is 1. The summed E-state index contributed by atoms with van der Waals surface area (Å²) in [5.41, 5.74) is 2.59. The van der Waals surface area contributed by atoms with Gasteiger partial charge in [-0.1, -0.05) is 29.8 Å². The van der Waals surface area contributed by atoms with Crippen molar-refractivity contribution in [1.82, 2.24) is 9.80 Å². The number of rotatable bonds is 6. The molecule has 1 fully saturated rings. The number of imide groups is 1. The quantitative estimate of drug-likeness (QED) is 0.675. The second-order valence-corrected chi connectivity index (χ2v) is 8.29. The molecule has 0 saturated carbocycles. The van der Waals surface area contributed by atoms with Gasteiger partial charge in [0.05, 0.1) is 25.0 Å². The second kappa shape index (κ2) is 9.32. The summed E-state index contributed by atoms with van der Waals surface area (Å²) in [7, 11) is 1.55. The number of carbonyl (C=O) groups excluding carboxylic acids is 2. The molecule has 2 amide bonds. The zero-order valence-electron chi connectivity index (χ0n) is 18.2. The van der Waals surface area contributed by atoms with Crippen molar-refractivity contribution in [3.63, 3.8) is 0 Å². The zero-order chi connectivity index (χ0) is 22.8. The van der Waals surface area contributed by atoms with E-state index < -0.39 is 0 Å². The summed E-state index contributed by atoms with van der Waals surface area (Å²) < 4.78 is 5.52. The number of hydrogen-bond acceptors (Lipinski definition) is 6. The van der Waals surface area contributed by atoms with Crippen LogP contribution in [0.2, 0.25) is 5.02 Å². The van der Waals surface area contributed by atoms with Crippen LogP contribution in [0.3, 0.4) is 0 Å². The van der Waals surface area contributed by atoms with E-state index in [-0.39, 0.29) is 18.4 Å². The van der Waals surface area contributed by atoms with E-state index in [9.17, 15) is 14.7 Å². The molecule has 0 aliphatic carbocycles. The minimum atomic E-state index is -0.377. The van der Waals surface area contributed by atoms with E-state index in [4.69, 9.17) is 16.3 Å². The van der Waals surface area contributed by atoms with Crippen molar-refractivity contribution in [3.8, 4) is 5.75 Å². The maximum absolute atomic E-state index is 13.7. The number of ether oxygens (including phenoxy) is 1. The van der Waals surface area contributed by atoms with Crippen LogP contribution < -0.4 is 9.64 Å². The van der Waals surface area contributed by atoms with Crippen LogP contribution in [0.25, 0.3) is 5.57 Å². The molecular formula is C24H26ClN3O4. The first kappa shape index (κ1) is 22.3. The van der Waals surface area contributed by atoms with Gasteiger partial charge in [0.1, 0.15) is 11.4 Å². The molecule has 0 bridgehead atoms. The fourth-order valence-corrected chi connectivity index (χ4v) is 4.56. The van der Waals surface area contributed by atoms with Gasteiger partial charge in [0, 0.05) is 43.3 Å². The first-order chi connectivity index (χ1) is 15.5. The highest BCUT2D eigenvalue weighted by molar-refractivity contribution is 6.46. The molecule has 2 heterocycles. The molecular weight excluding hydrogens is 430 g/mol. The minimum Gasteiger partial charge on any atom is -0.496 e. The van der Waals surface area contributed by atoms with Gasteiger partial charge in [0.2, 0.25) is 0 Å². The number of aliphatic hydroxyl groups is 1. The van der Waals surface area contributed by atoms with Crippen LogP contribution >= 0.6 is 11.6 Å². The standard InChI is InChI=1S/C24H26ClN3O4/c1-16-15-17(25)7-8-19(16)28-23(30)21(18-5-3-4-6-20(18)32-2)22(24(28)31)27-11-9-26(10-12-27)13-14-29/h3-8,15,29H,9-14H2,1-2H3. The predicted octanol–water partition coefficient (Wildman–Crippen LogP) is 2.55. The van der Waals surface area contributed by atoms with E-state index >= 15 is 0 Å². The Morgan fingerprint density at radius 3 is 2.41 bits per heavy atom. The number of nitrogens with zero attached hydrogens (tertiary/aromatic N) is 3. The third-order valence-corrected chi connectivity index (χ3v) is 6.18. The number of β-amino-alcohol motifs (C(OH)–C–C–N with tert-alkyl or cyclic N) is 1. The molecule has 0 radical (unpaired) electrons. The molecule has 2 aliphatic rings. The summed E-state index contributed by atoms with van der Waals surface area (Å²) in [6.45, 7) is 5.08. The molecule has 0 spiro atoms. The van der Waals surface area contributed by atoms with Crippen molar-refractivity contribution in [2.75, 3.05) is 51.3 Å². The highest BCUT2D eigenvalue weighted by Crippen LogP contribution is 2.39. The van der Waals surface area contributed by atoms with Crippen LogP contribution in [0.1, 0.15) is 11.1 Å². The number of anilines is 1. The van der Waals surface area contributed by atoms with Gasteiger partial charge in [-0.3, -0.25) is 14.5 Å². The van der Waals surface area contributed by atoms with Crippen LogP contribution in [0.4, 0.5) is 5.69 Å². The summed E-state index contributed by atoms with van der Waals surface area (Å²) in [5.74, 6) is -0.190. The molecule has 2 aromatic rings. The van der Waals surface area contributed by atoms with Crippen molar-refractivity contribution in [2.45, 2.75) is 6.92 Å². The van der Waals surface area contributed by atoms with Gasteiger partial charge >= 0.3 is 0 Å². The number of aliphatic hydroxyl groups excluding tert-OH is 1. The maximum atomic E-state index is 13.7. The summed E-state index contributed by atoms with van der Waals surface area (Å²) in [6.07, 6.45) is 0. The topological polar surface area (TPSA) is 73.3 Å². The average molecular weight is 456 g/mol. The summed E-state index contributed by atoms with van der Waals surface area (Å²) in [5, 5.41) is 9.78. The molecule has 4 rings (SSSR count). The highest BCUT2D eigenvalue weighted by atomic mass is 35.5. The number of carbonyl (C=O) groups is 2. The number of hydrogen-bond donors (Lipinski definition) is 1. The molecule has 8 heteroatoms. The van der Waals surface area contributed by atoms with Crippen LogP contribution in [0.5, 0.6) is 5.75 Å². The fraction of sp³-hybridized carbons (Fsp3) is 0.333. The average Bonchev–Trinajstić information content (AvgIpc) is 3.04. The molecule has 1 saturated heterocycles. The Morgan fingerprint density at radius 1 is 1.03 bits per heavy atom. The van der Waals surface area contributed by atoms with Gasteiger partial charge < -0.3 is 14.7 Å². The Balaban J connectivity index is 1.80. The van der Waals surface area contributed by atoms with E-state index in [0.29, 0.717) is 66.0 Å². The van der Waals surface area contributed by atoms with Crippen molar-refractivity contribution in [3.05, 3.63) is 64.3 Å². The Kier molecular flexibility index (Phi) is 6.50. The Bertz CT molecular complexity index is 1080. The van der Waals surface area contributed by atoms with Crippen LogP contribution in [-0.2, 0) is 9.59 Å². The van der Waals surface area contributed by atoms with Gasteiger partial charge in [0.25, 0.3) is 11.8 Å². The van der Waals surface area contributed by atoms with E-state index in [1.807, 2.05) is 24.0 Å². The molecule has 2 aromatic carbocycles. The molecule has 0 atom stereocenters.